The van der Waals surface area contributed by atoms with Crippen molar-refractivity contribution in [2.75, 3.05) is 5.73 Å². The number of furan rings is 1. The van der Waals surface area contributed by atoms with Crippen LogP contribution in [0.1, 0.15) is 0 Å². The number of hydrogen-bond donors (Lipinski definition) is 1. The van der Waals surface area contributed by atoms with E-state index in [0.29, 0.717) is 26.8 Å². The second-order valence-corrected chi connectivity index (χ2v) is 5.18. The van der Waals surface area contributed by atoms with Crippen molar-refractivity contribution < 1.29 is 4.42 Å². The molecule has 0 amide bonds. The van der Waals surface area contributed by atoms with Crippen LogP contribution in [-0.2, 0) is 0 Å². The van der Waals surface area contributed by atoms with Gasteiger partial charge in [-0.1, -0.05) is 11.6 Å². The van der Waals surface area contributed by atoms with Crippen LogP contribution in [0.3, 0.4) is 0 Å². The molecule has 0 aliphatic rings. The van der Waals surface area contributed by atoms with Crippen molar-refractivity contribution >= 4 is 33.2 Å². The maximum Gasteiger partial charge on any atom is 0.169 e. The summed E-state index contributed by atoms with van der Waals surface area (Å²) in [6.45, 7) is 0. The molecule has 0 aliphatic carbocycles. The third-order valence-electron chi connectivity index (χ3n) is 2.64. The fraction of sp³-hybridized carbons (Fsp3) is 0. The molecule has 2 aromatic heterocycles. The van der Waals surface area contributed by atoms with E-state index < -0.39 is 0 Å². The number of hydrogen-bond acceptors (Lipinski definition) is 3. The summed E-state index contributed by atoms with van der Waals surface area (Å²) >= 11 is 9.12. The van der Waals surface area contributed by atoms with E-state index >= 15 is 0 Å². The Hall–Kier alpha value is -1.72. The molecule has 3 aromatic rings. The van der Waals surface area contributed by atoms with Crippen LogP contribution in [0, 0.1) is 0 Å². The van der Waals surface area contributed by atoms with Crippen LogP contribution in [0.2, 0.25) is 5.02 Å². The molecule has 19 heavy (non-hydrogen) atoms. The molecule has 96 valence electrons. The van der Waals surface area contributed by atoms with Gasteiger partial charge in [0, 0.05) is 5.02 Å². The molecule has 0 bridgehead atoms. The highest BCUT2D eigenvalue weighted by Crippen LogP contribution is 2.29. The Morgan fingerprint density at radius 2 is 1.89 bits per heavy atom. The molecule has 3 rings (SSSR count). The van der Waals surface area contributed by atoms with Crippen LogP contribution in [-0.4, -0.2) is 9.78 Å². The zero-order valence-electron chi connectivity index (χ0n) is 9.68. The van der Waals surface area contributed by atoms with Gasteiger partial charge in [0.25, 0.3) is 0 Å². The average Bonchev–Trinajstić information content (AvgIpc) is 2.96. The van der Waals surface area contributed by atoms with Crippen LogP contribution < -0.4 is 5.73 Å². The van der Waals surface area contributed by atoms with Crippen LogP contribution in [0.4, 0.5) is 5.69 Å². The Kier molecular flexibility index (Phi) is 3.08. The van der Waals surface area contributed by atoms with Crippen molar-refractivity contribution in [1.82, 2.24) is 9.78 Å². The highest BCUT2D eigenvalue weighted by Gasteiger charge is 2.13. The smallest absolute Gasteiger partial charge is 0.169 e. The molecule has 0 fully saturated rings. The maximum atomic E-state index is 5.97. The first-order valence-corrected chi connectivity index (χ1v) is 6.67. The molecular formula is C13H9BrClN3O. The number of halogens is 2. The Bertz CT molecular complexity index is 718. The number of rotatable bonds is 2. The first-order chi connectivity index (χ1) is 9.13. The number of anilines is 1. The Balaban J connectivity index is 2.04. The molecule has 1 aromatic carbocycles. The summed E-state index contributed by atoms with van der Waals surface area (Å²) in [6, 6.07) is 11.0. The zero-order valence-corrected chi connectivity index (χ0v) is 12.0. The Labute approximate surface area is 122 Å². The van der Waals surface area contributed by atoms with Crippen LogP contribution in [0.5, 0.6) is 0 Å². The van der Waals surface area contributed by atoms with E-state index in [2.05, 4.69) is 21.0 Å². The molecule has 0 saturated carbocycles. The molecular weight excluding hydrogens is 330 g/mol. The van der Waals surface area contributed by atoms with Crippen LogP contribution in [0.25, 0.3) is 17.1 Å². The predicted molar refractivity (Wildman–Crippen MR) is 78.4 cm³/mol. The minimum Gasteiger partial charge on any atom is -0.448 e. The van der Waals surface area contributed by atoms with Gasteiger partial charge in [-0.05, 0) is 52.3 Å². The lowest BCUT2D eigenvalue weighted by atomic mass is 10.3. The highest BCUT2D eigenvalue weighted by atomic mass is 79.9. The van der Waals surface area contributed by atoms with Gasteiger partial charge >= 0.3 is 0 Å². The molecule has 0 atom stereocenters. The number of aromatic nitrogens is 2. The molecule has 0 aliphatic heterocycles. The topological polar surface area (TPSA) is 57.0 Å². The fourth-order valence-electron chi connectivity index (χ4n) is 1.75. The van der Waals surface area contributed by atoms with Crippen molar-refractivity contribution in [3.8, 4) is 17.1 Å². The number of nitrogen functional groups attached to an aromatic ring is 1. The molecule has 0 saturated heterocycles. The van der Waals surface area contributed by atoms with Gasteiger partial charge in [-0.15, -0.1) is 0 Å². The number of nitrogens with two attached hydrogens (primary N) is 1. The fourth-order valence-corrected chi connectivity index (χ4v) is 2.18. The summed E-state index contributed by atoms with van der Waals surface area (Å²) in [5.41, 5.74) is 8.01. The summed E-state index contributed by atoms with van der Waals surface area (Å²) in [5.74, 6) is 0.622. The Morgan fingerprint density at radius 3 is 2.53 bits per heavy atom. The third-order valence-corrected chi connectivity index (χ3v) is 3.32. The standard InChI is InChI=1S/C13H9BrClN3O/c14-12-6-5-11(19-12)13-10(16)7-18(17-13)9-3-1-8(15)2-4-9/h1-7H,16H2. The monoisotopic (exact) mass is 337 g/mol. The SMILES string of the molecule is Nc1cn(-c2ccc(Cl)cc2)nc1-c1ccc(Br)o1. The summed E-state index contributed by atoms with van der Waals surface area (Å²) < 4.78 is 7.79. The molecule has 6 heteroatoms. The first-order valence-electron chi connectivity index (χ1n) is 5.50. The highest BCUT2D eigenvalue weighted by molar-refractivity contribution is 9.10. The molecule has 0 spiro atoms. The first kappa shape index (κ1) is 12.3. The van der Waals surface area contributed by atoms with E-state index in [-0.39, 0.29) is 0 Å². The molecule has 2 N–H and O–H groups in total. The van der Waals surface area contributed by atoms with E-state index in [0.717, 1.165) is 5.69 Å². The van der Waals surface area contributed by atoms with Gasteiger partial charge in [-0.25, -0.2) is 4.68 Å². The van der Waals surface area contributed by atoms with Crippen molar-refractivity contribution in [2.45, 2.75) is 0 Å². The van der Waals surface area contributed by atoms with E-state index in [1.165, 1.54) is 0 Å². The van der Waals surface area contributed by atoms with E-state index in [4.69, 9.17) is 21.8 Å². The quantitative estimate of drug-likeness (QED) is 0.764. The molecule has 2 heterocycles. The number of benzene rings is 1. The van der Waals surface area contributed by atoms with E-state index in [1.807, 2.05) is 18.2 Å². The summed E-state index contributed by atoms with van der Waals surface area (Å²) in [5, 5.41) is 5.11. The lowest BCUT2D eigenvalue weighted by Gasteiger charge is -2.00. The van der Waals surface area contributed by atoms with Gasteiger partial charge in [0.1, 0.15) is 0 Å². The van der Waals surface area contributed by atoms with Gasteiger partial charge in [-0.2, -0.15) is 5.10 Å². The minimum absolute atomic E-state index is 0.553. The zero-order chi connectivity index (χ0) is 13.4. The summed E-state index contributed by atoms with van der Waals surface area (Å²) in [4.78, 5) is 0. The van der Waals surface area contributed by atoms with Gasteiger partial charge in [0.15, 0.2) is 16.1 Å². The lowest BCUT2D eigenvalue weighted by molar-refractivity contribution is 0.553. The van der Waals surface area contributed by atoms with Gasteiger partial charge < -0.3 is 10.2 Å². The summed E-state index contributed by atoms with van der Waals surface area (Å²) in [7, 11) is 0. The van der Waals surface area contributed by atoms with Crippen molar-refractivity contribution in [2.24, 2.45) is 0 Å². The number of nitrogens with zero attached hydrogens (tertiary/aromatic N) is 2. The minimum atomic E-state index is 0.553. The second-order valence-electron chi connectivity index (χ2n) is 3.96. The van der Waals surface area contributed by atoms with Crippen LogP contribution >= 0.6 is 27.5 Å². The second kappa shape index (κ2) is 4.75. The van der Waals surface area contributed by atoms with Crippen molar-refractivity contribution in [3.05, 3.63) is 52.3 Å². The van der Waals surface area contributed by atoms with Crippen molar-refractivity contribution in [3.63, 3.8) is 0 Å². The lowest BCUT2D eigenvalue weighted by Crippen LogP contribution is -1.94. The summed E-state index contributed by atoms with van der Waals surface area (Å²) in [6.07, 6.45) is 1.75. The molecule has 0 radical (unpaired) electrons. The maximum absolute atomic E-state index is 5.97. The van der Waals surface area contributed by atoms with Gasteiger partial charge in [0.05, 0.1) is 17.6 Å². The van der Waals surface area contributed by atoms with E-state index in [9.17, 15) is 0 Å². The predicted octanol–water partition coefficient (Wildman–Crippen LogP) is 4.13. The van der Waals surface area contributed by atoms with Gasteiger partial charge in [0.2, 0.25) is 0 Å². The largest absolute Gasteiger partial charge is 0.448 e. The van der Waals surface area contributed by atoms with E-state index in [1.54, 1.807) is 29.1 Å². The molecule has 4 nitrogen and oxygen atoms in total. The van der Waals surface area contributed by atoms with Gasteiger partial charge in [-0.3, -0.25) is 0 Å². The normalized spacial score (nSPS) is 10.8. The third kappa shape index (κ3) is 2.39. The van der Waals surface area contributed by atoms with Crippen LogP contribution in [0.15, 0.2) is 51.7 Å². The average molecular weight is 339 g/mol. The van der Waals surface area contributed by atoms with Crippen molar-refractivity contribution in [1.29, 1.82) is 0 Å². The molecule has 0 unspecified atom stereocenters. The Morgan fingerprint density at radius 1 is 1.16 bits per heavy atom.